The van der Waals surface area contributed by atoms with Gasteiger partial charge in [0.25, 0.3) is 5.91 Å². The minimum atomic E-state index is -1.20. The molecule has 1 aliphatic heterocycles. The molecule has 1 amide bonds. The molecule has 0 bridgehead atoms. The van der Waals surface area contributed by atoms with E-state index in [2.05, 4.69) is 4.99 Å². The van der Waals surface area contributed by atoms with E-state index in [1.54, 1.807) is 0 Å². The number of hydrogen-bond acceptors (Lipinski definition) is 3. The van der Waals surface area contributed by atoms with Crippen LogP contribution in [0.4, 0.5) is 8.78 Å². The number of carboxylic acid groups (broad SMARTS) is 1. The molecule has 1 N–H and O–H groups in total. The molecule has 1 heterocycles. The SMILES string of the molecule is O=C(O)CN1C(=O)C2(CCCC2)N=C1c1cc(F)cc(F)c1. The van der Waals surface area contributed by atoms with E-state index in [1.165, 1.54) is 0 Å². The number of rotatable bonds is 3. The van der Waals surface area contributed by atoms with Crippen LogP contribution >= 0.6 is 0 Å². The van der Waals surface area contributed by atoms with Crippen molar-refractivity contribution in [3.8, 4) is 0 Å². The van der Waals surface area contributed by atoms with Gasteiger partial charge in [-0.2, -0.15) is 0 Å². The maximum absolute atomic E-state index is 13.4. The van der Waals surface area contributed by atoms with Crippen LogP contribution in [0.15, 0.2) is 23.2 Å². The number of amides is 1. The molecule has 1 saturated carbocycles. The molecular weight excluding hydrogens is 294 g/mol. The summed E-state index contributed by atoms with van der Waals surface area (Å²) in [5, 5.41) is 9.00. The maximum Gasteiger partial charge on any atom is 0.323 e. The van der Waals surface area contributed by atoms with Gasteiger partial charge in [-0.05, 0) is 25.0 Å². The Labute approximate surface area is 125 Å². The van der Waals surface area contributed by atoms with E-state index in [0.717, 1.165) is 29.9 Å². The summed E-state index contributed by atoms with van der Waals surface area (Å²) >= 11 is 0. The second-order valence-electron chi connectivity index (χ2n) is 5.62. The highest BCUT2D eigenvalue weighted by Gasteiger charge is 2.50. The molecule has 0 atom stereocenters. The predicted molar refractivity (Wildman–Crippen MR) is 73.4 cm³/mol. The van der Waals surface area contributed by atoms with Gasteiger partial charge >= 0.3 is 5.97 Å². The number of carbonyl (C=O) groups excluding carboxylic acids is 1. The first-order chi connectivity index (χ1) is 10.4. The average Bonchev–Trinajstić information content (AvgIpc) is 2.99. The fraction of sp³-hybridized carbons (Fsp3) is 0.400. The third-order valence-electron chi connectivity index (χ3n) is 4.06. The van der Waals surface area contributed by atoms with Crippen molar-refractivity contribution in [3.05, 3.63) is 35.4 Å². The summed E-state index contributed by atoms with van der Waals surface area (Å²) in [5.74, 6) is -3.16. The Morgan fingerprint density at radius 3 is 2.36 bits per heavy atom. The zero-order valence-electron chi connectivity index (χ0n) is 11.7. The second kappa shape index (κ2) is 5.15. The van der Waals surface area contributed by atoms with E-state index in [-0.39, 0.29) is 11.4 Å². The van der Waals surface area contributed by atoms with Crippen molar-refractivity contribution in [2.45, 2.75) is 31.2 Å². The molecule has 0 radical (unpaired) electrons. The number of halogens is 2. The Kier molecular flexibility index (Phi) is 3.42. The number of benzene rings is 1. The number of carbonyl (C=O) groups is 2. The average molecular weight is 308 g/mol. The Morgan fingerprint density at radius 2 is 1.82 bits per heavy atom. The Morgan fingerprint density at radius 1 is 1.23 bits per heavy atom. The third-order valence-corrected chi connectivity index (χ3v) is 4.06. The van der Waals surface area contributed by atoms with Gasteiger partial charge in [0.15, 0.2) is 0 Å². The normalized spacial score (nSPS) is 19.8. The van der Waals surface area contributed by atoms with Gasteiger partial charge in [0.2, 0.25) is 0 Å². The minimum Gasteiger partial charge on any atom is -0.480 e. The smallest absolute Gasteiger partial charge is 0.323 e. The molecule has 1 aliphatic carbocycles. The van der Waals surface area contributed by atoms with Gasteiger partial charge < -0.3 is 5.11 Å². The van der Waals surface area contributed by atoms with Crippen molar-refractivity contribution in [1.82, 2.24) is 4.90 Å². The van der Waals surface area contributed by atoms with Crippen LogP contribution in [0.3, 0.4) is 0 Å². The quantitative estimate of drug-likeness (QED) is 0.928. The molecule has 7 heteroatoms. The van der Waals surface area contributed by atoms with E-state index in [0.29, 0.717) is 18.9 Å². The highest BCUT2D eigenvalue weighted by molar-refractivity contribution is 6.16. The summed E-state index contributed by atoms with van der Waals surface area (Å²) in [6.45, 7) is -0.572. The van der Waals surface area contributed by atoms with Crippen LogP contribution in [0.1, 0.15) is 31.2 Å². The highest BCUT2D eigenvalue weighted by atomic mass is 19.1. The molecule has 0 saturated heterocycles. The highest BCUT2D eigenvalue weighted by Crippen LogP contribution is 2.39. The van der Waals surface area contributed by atoms with Gasteiger partial charge in [0, 0.05) is 11.6 Å². The van der Waals surface area contributed by atoms with Gasteiger partial charge in [0.05, 0.1) is 0 Å². The molecule has 3 rings (SSSR count). The molecule has 1 aromatic rings. The molecule has 2 aliphatic rings. The summed E-state index contributed by atoms with van der Waals surface area (Å²) in [6, 6.07) is 2.82. The van der Waals surface area contributed by atoms with Crippen molar-refractivity contribution in [2.24, 2.45) is 4.99 Å². The molecule has 5 nitrogen and oxygen atoms in total. The molecule has 22 heavy (non-hydrogen) atoms. The van der Waals surface area contributed by atoms with E-state index in [9.17, 15) is 18.4 Å². The summed E-state index contributed by atoms with van der Waals surface area (Å²) in [5.41, 5.74) is -0.885. The summed E-state index contributed by atoms with van der Waals surface area (Å²) in [4.78, 5) is 29.0. The van der Waals surface area contributed by atoms with Gasteiger partial charge in [-0.3, -0.25) is 19.5 Å². The van der Waals surface area contributed by atoms with Crippen molar-refractivity contribution in [2.75, 3.05) is 6.54 Å². The lowest BCUT2D eigenvalue weighted by atomic mass is 9.98. The lowest BCUT2D eigenvalue weighted by Gasteiger charge is -2.20. The zero-order valence-corrected chi connectivity index (χ0v) is 11.7. The van der Waals surface area contributed by atoms with Gasteiger partial charge in [-0.25, -0.2) is 8.78 Å². The fourth-order valence-electron chi connectivity index (χ4n) is 3.13. The minimum absolute atomic E-state index is 0.0349. The summed E-state index contributed by atoms with van der Waals surface area (Å²) in [6.07, 6.45) is 2.70. The van der Waals surface area contributed by atoms with E-state index in [4.69, 9.17) is 5.11 Å². The van der Waals surface area contributed by atoms with Crippen LogP contribution in [-0.2, 0) is 9.59 Å². The first-order valence-electron chi connectivity index (χ1n) is 7.01. The van der Waals surface area contributed by atoms with Crippen LogP contribution in [0.5, 0.6) is 0 Å². The summed E-state index contributed by atoms with van der Waals surface area (Å²) < 4.78 is 26.8. The molecule has 1 aromatic carbocycles. The standard InChI is InChI=1S/C15H14F2N2O3/c16-10-5-9(6-11(17)7-10)13-18-15(3-1-2-4-15)14(22)19(13)8-12(20)21/h5-7H,1-4,8H2,(H,20,21). The third kappa shape index (κ3) is 2.36. The maximum atomic E-state index is 13.4. The first-order valence-corrected chi connectivity index (χ1v) is 7.01. The zero-order chi connectivity index (χ0) is 15.9. The first kappa shape index (κ1) is 14.6. The largest absolute Gasteiger partial charge is 0.480 e. The van der Waals surface area contributed by atoms with Crippen LogP contribution < -0.4 is 0 Å². The molecular formula is C15H14F2N2O3. The van der Waals surface area contributed by atoms with Crippen molar-refractivity contribution < 1.29 is 23.5 Å². The number of aliphatic imine (C=N–C) groups is 1. The van der Waals surface area contributed by atoms with Crippen LogP contribution in [-0.4, -0.2) is 39.8 Å². The summed E-state index contributed by atoms with van der Waals surface area (Å²) in [7, 11) is 0. The Bertz CT molecular complexity index is 661. The molecule has 0 aromatic heterocycles. The lowest BCUT2D eigenvalue weighted by molar-refractivity contribution is -0.142. The number of nitrogens with zero attached hydrogens (tertiary/aromatic N) is 2. The number of aliphatic carboxylic acids is 1. The van der Waals surface area contributed by atoms with Crippen LogP contribution in [0, 0.1) is 11.6 Å². The lowest BCUT2D eigenvalue weighted by Crippen LogP contribution is -2.43. The Balaban J connectivity index is 2.07. The van der Waals surface area contributed by atoms with Gasteiger partial charge in [-0.1, -0.05) is 12.8 Å². The van der Waals surface area contributed by atoms with Crippen LogP contribution in [0.2, 0.25) is 0 Å². The van der Waals surface area contributed by atoms with Gasteiger partial charge in [-0.15, -0.1) is 0 Å². The van der Waals surface area contributed by atoms with Crippen molar-refractivity contribution in [1.29, 1.82) is 0 Å². The van der Waals surface area contributed by atoms with Gasteiger partial charge in [0.1, 0.15) is 29.6 Å². The van der Waals surface area contributed by atoms with E-state index >= 15 is 0 Å². The molecule has 116 valence electrons. The van der Waals surface area contributed by atoms with Crippen molar-refractivity contribution in [3.63, 3.8) is 0 Å². The molecule has 0 unspecified atom stereocenters. The molecule has 1 spiro atoms. The number of hydrogen-bond donors (Lipinski definition) is 1. The van der Waals surface area contributed by atoms with Crippen LogP contribution in [0.25, 0.3) is 0 Å². The number of carboxylic acids is 1. The Hall–Kier alpha value is -2.31. The number of amidine groups is 1. The van der Waals surface area contributed by atoms with E-state index < -0.39 is 35.6 Å². The topological polar surface area (TPSA) is 70.0 Å². The predicted octanol–water partition coefficient (Wildman–Crippen LogP) is 1.95. The fourth-order valence-corrected chi connectivity index (χ4v) is 3.13. The van der Waals surface area contributed by atoms with E-state index in [1.807, 2.05) is 0 Å². The second-order valence-corrected chi connectivity index (χ2v) is 5.62. The van der Waals surface area contributed by atoms with Crippen molar-refractivity contribution >= 4 is 17.7 Å². The molecule has 1 fully saturated rings. The monoisotopic (exact) mass is 308 g/mol.